The Morgan fingerprint density at radius 2 is 1.70 bits per heavy atom. The molecule has 0 saturated carbocycles. The molecule has 0 spiro atoms. The minimum Gasteiger partial charge on any atom is -0.508 e. The van der Waals surface area contributed by atoms with E-state index in [0.29, 0.717) is 11.4 Å². The minimum atomic E-state index is -0.258. The number of nitrogens with one attached hydrogen (secondary N) is 2. The molecule has 0 aliphatic carbocycles. The first-order valence-electron chi connectivity index (χ1n) is 8.58. The number of hydrogen-bond acceptors (Lipinski definition) is 3. The van der Waals surface area contributed by atoms with E-state index in [0.717, 1.165) is 22.2 Å². The minimum absolute atomic E-state index is 0.119. The van der Waals surface area contributed by atoms with E-state index in [9.17, 15) is 9.90 Å². The summed E-state index contributed by atoms with van der Waals surface area (Å²) in [4.78, 5) is 15.7. The van der Waals surface area contributed by atoms with Gasteiger partial charge in [0.1, 0.15) is 11.5 Å². The molecular formula is C22H18N2O3. The monoisotopic (exact) mass is 358 g/mol. The molecule has 1 amide bonds. The first-order valence-corrected chi connectivity index (χ1v) is 8.58. The molecule has 3 aromatic carbocycles. The predicted octanol–water partition coefficient (Wildman–Crippen LogP) is 4.56. The maximum Gasteiger partial charge on any atom is 0.262 e. The summed E-state index contributed by atoms with van der Waals surface area (Å²) in [7, 11) is 0. The summed E-state index contributed by atoms with van der Waals surface area (Å²) >= 11 is 0. The largest absolute Gasteiger partial charge is 0.508 e. The number of rotatable bonds is 5. The highest BCUT2D eigenvalue weighted by atomic mass is 16.5. The van der Waals surface area contributed by atoms with Crippen LogP contribution in [0.3, 0.4) is 0 Å². The van der Waals surface area contributed by atoms with Crippen LogP contribution in [0.2, 0.25) is 0 Å². The molecule has 4 rings (SSSR count). The lowest BCUT2D eigenvalue weighted by molar-refractivity contribution is -0.118. The highest BCUT2D eigenvalue weighted by molar-refractivity contribution is 5.97. The normalized spacial score (nSPS) is 10.7. The van der Waals surface area contributed by atoms with Crippen LogP contribution in [0.15, 0.2) is 78.9 Å². The average Bonchev–Trinajstić information content (AvgIpc) is 3.12. The number of carbonyl (C=O) groups excluding carboxylic acids is 1. The number of phenols is 1. The Bertz CT molecular complexity index is 1050. The zero-order valence-electron chi connectivity index (χ0n) is 14.5. The molecule has 4 aromatic rings. The first kappa shape index (κ1) is 16.7. The molecule has 5 nitrogen and oxygen atoms in total. The fourth-order valence-electron chi connectivity index (χ4n) is 2.92. The number of anilines is 1. The van der Waals surface area contributed by atoms with Crippen molar-refractivity contribution in [2.24, 2.45) is 0 Å². The highest BCUT2D eigenvalue weighted by Gasteiger charge is 2.11. The van der Waals surface area contributed by atoms with Gasteiger partial charge in [-0.05, 0) is 42.5 Å². The number of hydrogen-bond donors (Lipinski definition) is 3. The molecule has 1 aromatic heterocycles. The van der Waals surface area contributed by atoms with Crippen LogP contribution < -0.4 is 10.1 Å². The molecule has 0 atom stereocenters. The number of aromatic amines is 1. The molecule has 5 heteroatoms. The van der Waals surface area contributed by atoms with E-state index in [4.69, 9.17) is 4.74 Å². The predicted molar refractivity (Wildman–Crippen MR) is 106 cm³/mol. The van der Waals surface area contributed by atoms with Crippen molar-refractivity contribution in [1.29, 1.82) is 0 Å². The van der Waals surface area contributed by atoms with E-state index < -0.39 is 0 Å². The van der Waals surface area contributed by atoms with Gasteiger partial charge in [-0.1, -0.05) is 36.4 Å². The van der Waals surface area contributed by atoms with Crippen molar-refractivity contribution in [1.82, 2.24) is 4.98 Å². The smallest absolute Gasteiger partial charge is 0.262 e. The van der Waals surface area contributed by atoms with Gasteiger partial charge in [0.25, 0.3) is 5.91 Å². The lowest BCUT2D eigenvalue weighted by Gasteiger charge is -2.11. The number of amides is 1. The molecule has 0 radical (unpaired) electrons. The van der Waals surface area contributed by atoms with Crippen molar-refractivity contribution >= 4 is 22.5 Å². The Morgan fingerprint density at radius 3 is 2.52 bits per heavy atom. The Balaban J connectivity index is 1.50. The Kier molecular flexibility index (Phi) is 4.49. The number of ether oxygens (including phenoxy) is 1. The third-order valence-corrected chi connectivity index (χ3v) is 4.23. The molecule has 0 fully saturated rings. The van der Waals surface area contributed by atoms with Crippen molar-refractivity contribution < 1.29 is 14.6 Å². The molecule has 0 saturated heterocycles. The van der Waals surface area contributed by atoms with E-state index in [1.807, 2.05) is 48.5 Å². The maximum absolute atomic E-state index is 12.3. The van der Waals surface area contributed by atoms with Gasteiger partial charge in [-0.15, -0.1) is 0 Å². The topological polar surface area (TPSA) is 74.3 Å². The number of carbonyl (C=O) groups is 1. The molecule has 1 heterocycles. The summed E-state index contributed by atoms with van der Waals surface area (Å²) in [5.74, 6) is 0.414. The van der Waals surface area contributed by atoms with Gasteiger partial charge in [0.2, 0.25) is 0 Å². The van der Waals surface area contributed by atoms with Crippen LogP contribution in [0, 0.1) is 0 Å². The van der Waals surface area contributed by atoms with Gasteiger partial charge in [-0.2, -0.15) is 0 Å². The molecule has 0 aliphatic rings. The second-order valence-electron chi connectivity index (χ2n) is 6.15. The third-order valence-electron chi connectivity index (χ3n) is 4.23. The van der Waals surface area contributed by atoms with Crippen molar-refractivity contribution in [3.8, 4) is 22.8 Å². The van der Waals surface area contributed by atoms with Crippen molar-refractivity contribution in [3.63, 3.8) is 0 Å². The summed E-state index contributed by atoms with van der Waals surface area (Å²) in [6.45, 7) is -0.119. The summed E-state index contributed by atoms with van der Waals surface area (Å²) in [5.41, 5.74) is 3.60. The molecule has 0 unspecified atom stereocenters. The first-order chi connectivity index (χ1) is 13.2. The highest BCUT2D eigenvalue weighted by Crippen LogP contribution is 2.30. The van der Waals surface area contributed by atoms with Crippen LogP contribution in [0.25, 0.3) is 22.2 Å². The van der Waals surface area contributed by atoms with Gasteiger partial charge < -0.3 is 20.1 Å². The van der Waals surface area contributed by atoms with Crippen LogP contribution in [0.5, 0.6) is 11.5 Å². The van der Waals surface area contributed by atoms with Crippen molar-refractivity contribution in [2.45, 2.75) is 0 Å². The van der Waals surface area contributed by atoms with E-state index in [-0.39, 0.29) is 18.3 Å². The Hall–Kier alpha value is -3.73. The Morgan fingerprint density at radius 1 is 0.963 bits per heavy atom. The second kappa shape index (κ2) is 7.25. The van der Waals surface area contributed by atoms with E-state index in [1.165, 1.54) is 12.1 Å². The fourth-order valence-corrected chi connectivity index (χ4v) is 2.92. The number of phenolic OH excluding ortho intramolecular Hbond substituents is 1. The Labute approximate surface area is 156 Å². The standard InChI is InChI=1S/C22H18N2O3/c25-16-9-11-17(12-10-16)27-14-22(26)24-20-8-4-2-6-18(20)21-13-15-5-1-3-7-19(15)23-21/h1-13,23,25H,14H2,(H,24,26). The summed E-state index contributed by atoms with van der Waals surface area (Å²) in [6.07, 6.45) is 0. The molecule has 27 heavy (non-hydrogen) atoms. The van der Waals surface area contributed by atoms with Gasteiger partial charge in [0, 0.05) is 22.2 Å². The van der Waals surface area contributed by atoms with Crippen LogP contribution in [-0.2, 0) is 4.79 Å². The quantitative estimate of drug-likeness (QED) is 0.490. The van der Waals surface area contributed by atoms with Crippen LogP contribution >= 0.6 is 0 Å². The van der Waals surface area contributed by atoms with Crippen LogP contribution in [0.4, 0.5) is 5.69 Å². The molecule has 3 N–H and O–H groups in total. The average molecular weight is 358 g/mol. The molecule has 0 bridgehead atoms. The van der Waals surface area contributed by atoms with Gasteiger partial charge in [-0.3, -0.25) is 4.79 Å². The molecule has 134 valence electrons. The number of para-hydroxylation sites is 2. The lowest BCUT2D eigenvalue weighted by atomic mass is 10.1. The van der Waals surface area contributed by atoms with E-state index in [1.54, 1.807) is 12.1 Å². The number of aromatic hydroxyl groups is 1. The lowest BCUT2D eigenvalue weighted by Crippen LogP contribution is -2.20. The van der Waals surface area contributed by atoms with Crippen molar-refractivity contribution in [2.75, 3.05) is 11.9 Å². The maximum atomic E-state index is 12.3. The third kappa shape index (κ3) is 3.77. The molecular weight excluding hydrogens is 340 g/mol. The number of H-pyrrole nitrogens is 1. The van der Waals surface area contributed by atoms with Crippen LogP contribution in [0.1, 0.15) is 0 Å². The fraction of sp³-hybridized carbons (Fsp3) is 0.0455. The second-order valence-corrected chi connectivity index (χ2v) is 6.15. The van der Waals surface area contributed by atoms with Crippen molar-refractivity contribution in [3.05, 3.63) is 78.9 Å². The SMILES string of the molecule is O=C(COc1ccc(O)cc1)Nc1ccccc1-c1cc2ccccc2[nH]1. The van der Waals surface area contributed by atoms with Gasteiger partial charge in [0.05, 0.1) is 5.69 Å². The summed E-state index contributed by atoms with van der Waals surface area (Å²) in [5, 5.41) is 13.3. The number of benzene rings is 3. The van der Waals surface area contributed by atoms with Gasteiger partial charge >= 0.3 is 0 Å². The number of fused-ring (bicyclic) bond motifs is 1. The van der Waals surface area contributed by atoms with E-state index >= 15 is 0 Å². The van der Waals surface area contributed by atoms with E-state index in [2.05, 4.69) is 16.4 Å². The zero-order chi connectivity index (χ0) is 18.6. The summed E-state index contributed by atoms with van der Waals surface area (Å²) < 4.78 is 5.46. The van der Waals surface area contributed by atoms with Gasteiger partial charge in [0.15, 0.2) is 6.61 Å². The zero-order valence-corrected chi connectivity index (χ0v) is 14.5. The molecule has 0 aliphatic heterocycles. The van der Waals surface area contributed by atoms with Crippen LogP contribution in [-0.4, -0.2) is 22.6 Å². The number of aromatic nitrogens is 1. The van der Waals surface area contributed by atoms with Gasteiger partial charge in [-0.25, -0.2) is 0 Å². The summed E-state index contributed by atoms with van der Waals surface area (Å²) in [6, 6.07) is 24.0.